The number of aryl methyl sites for hydroxylation is 1. The molecule has 0 aliphatic rings. The normalized spacial score (nSPS) is 11.8. The largest absolute Gasteiger partial charge is 0.487 e. The smallest absolute Gasteiger partial charge is 0.419 e. The first-order chi connectivity index (χ1) is 15.1. The number of carboxylic acid groups (broad SMARTS) is 1. The first-order valence-electron chi connectivity index (χ1n) is 9.35. The van der Waals surface area contributed by atoms with Crippen LogP contribution < -0.4 is 4.74 Å². The molecule has 2 aromatic heterocycles. The molecule has 0 amide bonds. The Morgan fingerprint density at radius 3 is 2.59 bits per heavy atom. The Balaban J connectivity index is 1.51. The molecule has 0 radical (unpaired) electrons. The van der Waals surface area contributed by atoms with Crippen LogP contribution in [0.4, 0.5) is 17.6 Å². The van der Waals surface area contributed by atoms with Gasteiger partial charge in [-0.3, -0.25) is 4.79 Å². The molecule has 0 atom stereocenters. The van der Waals surface area contributed by atoms with Crippen LogP contribution in [0, 0.1) is 12.7 Å². The monoisotopic (exact) mass is 448 g/mol. The molecular formula is C21H16F4N4O3. The van der Waals surface area contributed by atoms with Gasteiger partial charge in [0.25, 0.3) is 0 Å². The van der Waals surface area contributed by atoms with Crippen LogP contribution in [0.3, 0.4) is 0 Å². The van der Waals surface area contributed by atoms with Crippen LogP contribution in [0.15, 0.2) is 48.7 Å². The van der Waals surface area contributed by atoms with Crippen LogP contribution in [0.2, 0.25) is 0 Å². The van der Waals surface area contributed by atoms with Crippen LogP contribution in [-0.4, -0.2) is 30.6 Å². The molecule has 0 bridgehead atoms. The summed E-state index contributed by atoms with van der Waals surface area (Å²) >= 11 is 0. The van der Waals surface area contributed by atoms with Gasteiger partial charge in [-0.1, -0.05) is 0 Å². The molecule has 7 nitrogen and oxygen atoms in total. The predicted molar refractivity (Wildman–Crippen MR) is 105 cm³/mol. The summed E-state index contributed by atoms with van der Waals surface area (Å²) in [6.45, 7) is 1.52. The van der Waals surface area contributed by atoms with Crippen molar-refractivity contribution in [2.75, 3.05) is 0 Å². The van der Waals surface area contributed by atoms with E-state index < -0.39 is 23.5 Å². The van der Waals surface area contributed by atoms with E-state index in [0.29, 0.717) is 23.2 Å². The first kappa shape index (κ1) is 21.3. The van der Waals surface area contributed by atoms with Crippen molar-refractivity contribution < 1.29 is 32.2 Å². The number of rotatable bonds is 6. The summed E-state index contributed by atoms with van der Waals surface area (Å²) in [4.78, 5) is 12.0. The van der Waals surface area contributed by atoms with Crippen molar-refractivity contribution in [3.05, 3.63) is 71.4 Å². The Bertz CT molecular complexity index is 1310. The second-order valence-electron chi connectivity index (χ2n) is 7.03. The van der Waals surface area contributed by atoms with Gasteiger partial charge in [0.15, 0.2) is 0 Å². The van der Waals surface area contributed by atoms with Crippen LogP contribution >= 0.6 is 0 Å². The number of fused-ring (bicyclic) bond motifs is 1. The fraction of sp³-hybridized carbons (Fsp3) is 0.190. The van der Waals surface area contributed by atoms with Gasteiger partial charge >= 0.3 is 12.1 Å². The average Bonchev–Trinajstić information content (AvgIpc) is 3.28. The van der Waals surface area contributed by atoms with E-state index in [-0.39, 0.29) is 18.8 Å². The average molecular weight is 448 g/mol. The van der Waals surface area contributed by atoms with Gasteiger partial charge in [0.1, 0.15) is 30.4 Å². The second-order valence-corrected chi connectivity index (χ2v) is 7.03. The number of carbonyl (C=O) groups is 1. The highest BCUT2D eigenvalue weighted by molar-refractivity contribution is 5.83. The van der Waals surface area contributed by atoms with Crippen LogP contribution in [0.5, 0.6) is 5.75 Å². The van der Waals surface area contributed by atoms with E-state index in [9.17, 15) is 22.4 Å². The number of ether oxygens (including phenoxy) is 1. The molecule has 4 rings (SSSR count). The molecule has 0 saturated heterocycles. The predicted octanol–water partition coefficient (Wildman–Crippen LogP) is 4.35. The summed E-state index contributed by atoms with van der Waals surface area (Å²) in [7, 11) is 0. The summed E-state index contributed by atoms with van der Waals surface area (Å²) < 4.78 is 59.4. The van der Waals surface area contributed by atoms with Gasteiger partial charge in [-0.25, -0.2) is 4.39 Å². The third-order valence-electron chi connectivity index (χ3n) is 4.79. The zero-order valence-electron chi connectivity index (χ0n) is 16.6. The number of aromatic nitrogens is 4. The van der Waals surface area contributed by atoms with E-state index in [2.05, 4.69) is 10.2 Å². The summed E-state index contributed by atoms with van der Waals surface area (Å²) in [5.41, 5.74) is 0.325. The molecule has 2 aromatic carbocycles. The molecule has 32 heavy (non-hydrogen) atoms. The Hall–Kier alpha value is -3.89. The lowest BCUT2D eigenvalue weighted by Gasteiger charge is -2.08. The SMILES string of the molecule is Cc1nn(-c2ccc(C(F)(F)F)c(F)c2)nc1COc1ccc2c(ccn2CC(=O)O)c1. The van der Waals surface area contributed by atoms with E-state index in [1.54, 1.807) is 42.0 Å². The highest BCUT2D eigenvalue weighted by Crippen LogP contribution is 2.32. The number of nitrogens with zero attached hydrogens (tertiary/aromatic N) is 4. The van der Waals surface area contributed by atoms with E-state index in [1.807, 2.05) is 0 Å². The van der Waals surface area contributed by atoms with Crippen LogP contribution in [-0.2, 0) is 24.1 Å². The molecule has 0 aliphatic carbocycles. The molecule has 4 aromatic rings. The highest BCUT2D eigenvalue weighted by atomic mass is 19.4. The van der Waals surface area contributed by atoms with Crippen molar-refractivity contribution in [3.8, 4) is 11.4 Å². The molecular weight excluding hydrogens is 432 g/mol. The molecule has 0 fully saturated rings. The number of benzene rings is 2. The molecule has 0 saturated carbocycles. The Labute approximate surface area is 178 Å². The lowest BCUT2D eigenvalue weighted by Crippen LogP contribution is -2.09. The Kier molecular flexibility index (Phi) is 5.33. The van der Waals surface area contributed by atoms with Crippen LogP contribution in [0.25, 0.3) is 16.6 Å². The van der Waals surface area contributed by atoms with E-state index >= 15 is 0 Å². The van der Waals surface area contributed by atoms with Crippen molar-refractivity contribution in [2.45, 2.75) is 26.3 Å². The van der Waals surface area contributed by atoms with Gasteiger partial charge in [-0.15, -0.1) is 5.10 Å². The first-order valence-corrected chi connectivity index (χ1v) is 9.35. The summed E-state index contributed by atoms with van der Waals surface area (Å²) in [6.07, 6.45) is -3.12. The van der Waals surface area contributed by atoms with Crippen molar-refractivity contribution in [2.24, 2.45) is 0 Å². The second kappa shape index (κ2) is 7.98. The fourth-order valence-corrected chi connectivity index (χ4v) is 3.22. The molecule has 2 heterocycles. The highest BCUT2D eigenvalue weighted by Gasteiger charge is 2.34. The summed E-state index contributed by atoms with van der Waals surface area (Å²) in [6, 6.07) is 9.40. The zero-order valence-corrected chi connectivity index (χ0v) is 16.6. The van der Waals surface area contributed by atoms with Gasteiger partial charge in [0.05, 0.1) is 16.9 Å². The van der Waals surface area contributed by atoms with Crippen molar-refractivity contribution >= 4 is 16.9 Å². The van der Waals surface area contributed by atoms with E-state index in [0.717, 1.165) is 27.8 Å². The number of hydrogen-bond donors (Lipinski definition) is 1. The maximum absolute atomic E-state index is 13.9. The number of alkyl halides is 3. The minimum absolute atomic E-state index is 0.0241. The van der Waals surface area contributed by atoms with Crippen molar-refractivity contribution in [3.63, 3.8) is 0 Å². The number of halogens is 4. The molecule has 0 spiro atoms. The minimum atomic E-state index is -4.79. The van der Waals surface area contributed by atoms with Gasteiger partial charge in [-0.2, -0.15) is 23.1 Å². The number of aliphatic carboxylic acids is 1. The number of hydrogen-bond acceptors (Lipinski definition) is 4. The summed E-state index contributed by atoms with van der Waals surface area (Å²) in [5.74, 6) is -1.85. The zero-order chi connectivity index (χ0) is 23.0. The lowest BCUT2D eigenvalue weighted by atomic mass is 10.2. The van der Waals surface area contributed by atoms with E-state index in [4.69, 9.17) is 9.84 Å². The topological polar surface area (TPSA) is 82.2 Å². The van der Waals surface area contributed by atoms with Gasteiger partial charge in [0, 0.05) is 23.2 Å². The fourth-order valence-electron chi connectivity index (χ4n) is 3.22. The van der Waals surface area contributed by atoms with Crippen LogP contribution in [0.1, 0.15) is 17.0 Å². The molecule has 1 N–H and O–H groups in total. The third-order valence-corrected chi connectivity index (χ3v) is 4.79. The maximum Gasteiger partial charge on any atom is 0.419 e. The van der Waals surface area contributed by atoms with Gasteiger partial charge in [0.2, 0.25) is 0 Å². The third kappa shape index (κ3) is 4.27. The van der Waals surface area contributed by atoms with E-state index in [1.165, 1.54) is 0 Å². The van der Waals surface area contributed by atoms with Gasteiger partial charge < -0.3 is 14.4 Å². The summed E-state index contributed by atoms with van der Waals surface area (Å²) in [5, 5.41) is 18.1. The van der Waals surface area contributed by atoms with Gasteiger partial charge in [-0.05, 0) is 43.3 Å². The number of carboxylic acids is 1. The molecule has 0 aliphatic heterocycles. The minimum Gasteiger partial charge on any atom is -0.487 e. The van der Waals surface area contributed by atoms with Crippen molar-refractivity contribution in [1.29, 1.82) is 0 Å². The standard InChI is InChI=1S/C21H16F4N4O3/c1-12-18(27-29(26-12)14-2-4-16(17(22)9-14)21(23,24)25)11-32-15-3-5-19-13(8-15)6-7-28(19)10-20(30)31/h2-9H,10-11H2,1H3,(H,30,31). The van der Waals surface area contributed by atoms with Crippen molar-refractivity contribution in [1.82, 2.24) is 19.6 Å². The molecule has 11 heteroatoms. The Morgan fingerprint density at radius 2 is 1.91 bits per heavy atom. The molecule has 166 valence electrons. The maximum atomic E-state index is 13.9. The quantitative estimate of drug-likeness (QED) is 0.444. The Morgan fingerprint density at radius 1 is 1.12 bits per heavy atom. The lowest BCUT2D eigenvalue weighted by molar-refractivity contribution is -0.140. The molecule has 0 unspecified atom stereocenters.